The van der Waals surface area contributed by atoms with Gasteiger partial charge in [0.1, 0.15) is 11.3 Å². The zero-order chi connectivity index (χ0) is 29.5. The molecule has 210 valence electrons. The molecule has 2 unspecified atom stereocenters. The van der Waals surface area contributed by atoms with Gasteiger partial charge in [-0.2, -0.15) is 0 Å². The Bertz CT molecular complexity index is 2510. The van der Waals surface area contributed by atoms with Crippen molar-refractivity contribution < 1.29 is 4.42 Å². The maximum Gasteiger partial charge on any atom is 0.134 e. The van der Waals surface area contributed by atoms with E-state index in [9.17, 15) is 0 Å². The van der Waals surface area contributed by atoms with E-state index in [1.54, 1.807) is 0 Å². The van der Waals surface area contributed by atoms with Gasteiger partial charge in [-0.05, 0) is 83.9 Å². The number of hydrogen-bond donors (Lipinski definition) is 0. The third-order valence-corrected chi connectivity index (χ3v) is 10.0. The Morgan fingerprint density at radius 2 is 0.956 bits per heavy atom. The fourth-order valence-corrected chi connectivity index (χ4v) is 7.84. The van der Waals surface area contributed by atoms with Crippen molar-refractivity contribution in [2.75, 3.05) is 0 Å². The molecule has 45 heavy (non-hydrogen) atoms. The Hall–Kier alpha value is -5.66. The zero-order valence-electron chi connectivity index (χ0n) is 24.6. The Morgan fingerprint density at radius 1 is 0.422 bits per heavy atom. The number of allylic oxidation sites excluding steroid dienone is 2. The summed E-state index contributed by atoms with van der Waals surface area (Å²) in [6.45, 7) is 0. The minimum absolute atomic E-state index is 0.204. The third-order valence-electron chi connectivity index (χ3n) is 10.0. The van der Waals surface area contributed by atoms with Crippen LogP contribution in [-0.4, -0.2) is 0 Å². The lowest BCUT2D eigenvalue weighted by molar-refractivity contribution is 0.485. The molecule has 0 saturated carbocycles. The molecule has 0 bridgehead atoms. The summed E-state index contributed by atoms with van der Waals surface area (Å²) >= 11 is 0. The fraction of sp³-hybridized carbons (Fsp3) is 0.0455. The highest BCUT2D eigenvalue weighted by Crippen LogP contribution is 2.48. The SMILES string of the molecule is C1=CC2C=Cc3c(oc4ccccc34)C2c2ccc(-c3ccc(-c4ccc5c6ccccc6c6ccccc6c5c4)cc3)cc21. The molecule has 0 fully saturated rings. The Morgan fingerprint density at radius 3 is 1.67 bits per heavy atom. The normalized spacial score (nSPS) is 16.7. The van der Waals surface area contributed by atoms with E-state index in [2.05, 4.69) is 158 Å². The molecule has 0 spiro atoms. The highest BCUT2D eigenvalue weighted by molar-refractivity contribution is 6.25. The van der Waals surface area contributed by atoms with Gasteiger partial charge in [-0.25, -0.2) is 0 Å². The molecule has 10 rings (SSSR count). The van der Waals surface area contributed by atoms with Crippen molar-refractivity contribution in [3.05, 3.63) is 168 Å². The van der Waals surface area contributed by atoms with Crippen LogP contribution >= 0.6 is 0 Å². The van der Waals surface area contributed by atoms with E-state index in [1.165, 1.54) is 76.6 Å². The number of benzene rings is 7. The predicted molar refractivity (Wildman–Crippen MR) is 189 cm³/mol. The van der Waals surface area contributed by atoms with Crippen molar-refractivity contribution in [3.8, 4) is 22.3 Å². The number of fused-ring (bicyclic) bond motifs is 13. The van der Waals surface area contributed by atoms with E-state index in [0.717, 1.165) is 11.3 Å². The van der Waals surface area contributed by atoms with Gasteiger partial charge in [0.2, 0.25) is 0 Å². The molecule has 2 aliphatic carbocycles. The first kappa shape index (κ1) is 24.7. The minimum atomic E-state index is 0.204. The second kappa shape index (κ2) is 9.42. The summed E-state index contributed by atoms with van der Waals surface area (Å²) in [7, 11) is 0. The highest BCUT2D eigenvalue weighted by Gasteiger charge is 2.34. The molecular weight excluding hydrogens is 544 g/mol. The van der Waals surface area contributed by atoms with Gasteiger partial charge in [0.25, 0.3) is 0 Å². The molecule has 2 atom stereocenters. The number of hydrogen-bond acceptors (Lipinski definition) is 1. The van der Waals surface area contributed by atoms with Crippen molar-refractivity contribution in [1.29, 1.82) is 0 Å². The predicted octanol–water partition coefficient (Wildman–Crippen LogP) is 12.0. The maximum atomic E-state index is 6.47. The molecule has 1 heteroatoms. The summed E-state index contributed by atoms with van der Waals surface area (Å²) in [5, 5.41) is 9.03. The Balaban J connectivity index is 1.02. The van der Waals surface area contributed by atoms with Gasteiger partial charge < -0.3 is 4.42 Å². The summed E-state index contributed by atoms with van der Waals surface area (Å²) in [5.74, 6) is 1.60. The summed E-state index contributed by atoms with van der Waals surface area (Å²) in [5.41, 5.74) is 9.72. The van der Waals surface area contributed by atoms with Gasteiger partial charge in [0.15, 0.2) is 0 Å². The molecule has 0 saturated heterocycles. The lowest BCUT2D eigenvalue weighted by Gasteiger charge is -2.30. The maximum absolute atomic E-state index is 6.47. The summed E-state index contributed by atoms with van der Waals surface area (Å²) in [6, 6.07) is 48.8. The van der Waals surface area contributed by atoms with Crippen LogP contribution in [0.3, 0.4) is 0 Å². The van der Waals surface area contributed by atoms with E-state index >= 15 is 0 Å². The summed E-state index contributed by atoms with van der Waals surface area (Å²) < 4.78 is 6.47. The molecule has 1 aromatic heterocycles. The Kier molecular flexibility index (Phi) is 5.18. The quantitative estimate of drug-likeness (QED) is 0.188. The summed E-state index contributed by atoms with van der Waals surface area (Å²) in [4.78, 5) is 0. The average Bonchev–Trinajstić information content (AvgIpc) is 3.50. The first-order valence-corrected chi connectivity index (χ1v) is 15.8. The topological polar surface area (TPSA) is 13.1 Å². The Labute approximate surface area is 261 Å². The van der Waals surface area contributed by atoms with E-state index in [1.807, 2.05) is 0 Å². The van der Waals surface area contributed by atoms with Crippen LogP contribution in [-0.2, 0) is 0 Å². The van der Waals surface area contributed by atoms with Gasteiger partial charge in [0.05, 0.1) is 5.92 Å². The van der Waals surface area contributed by atoms with Crippen LogP contribution in [0.4, 0.5) is 0 Å². The van der Waals surface area contributed by atoms with Crippen LogP contribution in [0.1, 0.15) is 28.4 Å². The van der Waals surface area contributed by atoms with Gasteiger partial charge in [-0.3, -0.25) is 0 Å². The smallest absolute Gasteiger partial charge is 0.134 e. The lowest BCUT2D eigenvalue weighted by Crippen LogP contribution is -2.17. The molecular formula is C44H28O. The van der Waals surface area contributed by atoms with Gasteiger partial charge in [0, 0.05) is 16.9 Å². The average molecular weight is 573 g/mol. The minimum Gasteiger partial charge on any atom is -0.460 e. The molecule has 1 nitrogen and oxygen atoms in total. The van der Waals surface area contributed by atoms with Crippen LogP contribution < -0.4 is 0 Å². The van der Waals surface area contributed by atoms with Crippen molar-refractivity contribution >= 4 is 55.4 Å². The van der Waals surface area contributed by atoms with Gasteiger partial charge >= 0.3 is 0 Å². The van der Waals surface area contributed by atoms with Crippen molar-refractivity contribution in [1.82, 2.24) is 0 Å². The largest absolute Gasteiger partial charge is 0.460 e. The van der Waals surface area contributed by atoms with Crippen molar-refractivity contribution in [2.45, 2.75) is 5.92 Å². The van der Waals surface area contributed by atoms with Gasteiger partial charge in [-0.1, -0.05) is 140 Å². The lowest BCUT2D eigenvalue weighted by atomic mass is 9.73. The summed E-state index contributed by atoms with van der Waals surface area (Å²) in [6.07, 6.45) is 9.20. The van der Waals surface area contributed by atoms with Crippen LogP contribution in [0.25, 0.3) is 77.7 Å². The van der Waals surface area contributed by atoms with E-state index in [-0.39, 0.29) is 5.92 Å². The van der Waals surface area contributed by atoms with Crippen molar-refractivity contribution in [2.24, 2.45) is 5.92 Å². The standard InChI is InChI=1S/C44H28O/c1-2-9-36-34(7-1)35-8-3-4-10-37(35)41-26-31(21-23-38(36)41)28-15-13-27(14-16-28)30-20-22-33-32(25-30)18-17-29-19-24-40-39-11-5-6-12-42(39)45-44(40)43(29)33/h1-26,29,43H. The monoisotopic (exact) mass is 572 g/mol. The fourth-order valence-electron chi connectivity index (χ4n) is 7.84. The molecule has 1 heterocycles. The highest BCUT2D eigenvalue weighted by atomic mass is 16.3. The molecule has 0 amide bonds. The third kappa shape index (κ3) is 3.68. The van der Waals surface area contributed by atoms with E-state index in [4.69, 9.17) is 4.42 Å². The molecule has 2 aliphatic rings. The van der Waals surface area contributed by atoms with Crippen LogP contribution in [0, 0.1) is 5.92 Å². The number of para-hydroxylation sites is 1. The molecule has 7 aromatic carbocycles. The molecule has 0 N–H and O–H groups in total. The number of furan rings is 1. The van der Waals surface area contributed by atoms with Crippen LogP contribution in [0.15, 0.2) is 150 Å². The van der Waals surface area contributed by atoms with E-state index < -0.39 is 0 Å². The molecule has 0 aliphatic heterocycles. The molecule has 8 aromatic rings. The first-order valence-electron chi connectivity index (χ1n) is 15.8. The van der Waals surface area contributed by atoms with Crippen LogP contribution in [0.2, 0.25) is 0 Å². The van der Waals surface area contributed by atoms with Crippen LogP contribution in [0.5, 0.6) is 0 Å². The number of rotatable bonds is 2. The second-order valence-corrected chi connectivity index (χ2v) is 12.4. The van der Waals surface area contributed by atoms with Gasteiger partial charge in [-0.15, -0.1) is 0 Å². The molecule has 0 radical (unpaired) electrons. The van der Waals surface area contributed by atoms with Crippen molar-refractivity contribution in [3.63, 3.8) is 0 Å². The van der Waals surface area contributed by atoms with E-state index in [0.29, 0.717) is 5.92 Å². The second-order valence-electron chi connectivity index (χ2n) is 12.4. The zero-order valence-corrected chi connectivity index (χ0v) is 24.6. The first-order chi connectivity index (χ1) is 22.3.